The fourth-order valence-corrected chi connectivity index (χ4v) is 4.87. The van der Waals surface area contributed by atoms with Gasteiger partial charge in [0.15, 0.2) is 0 Å². The number of phenols is 1. The molecular weight excluding hydrogens is 550 g/mol. The van der Waals surface area contributed by atoms with E-state index in [-0.39, 0.29) is 11.3 Å². The number of carboxylic acid groups (broad SMARTS) is 1. The molecule has 1 atom stereocenters. The summed E-state index contributed by atoms with van der Waals surface area (Å²) < 4.78 is 0. The second-order valence-corrected chi connectivity index (χ2v) is 10.4. The first-order chi connectivity index (χ1) is 21.4. The maximum atomic E-state index is 11.1. The SMILES string of the molecule is CC.CC1CN(Cc2ccccc2)CCN1.NNC(=NCc1cccc(C(=O)O)c1)c1ccc(Cc2cccc(O)c2)cc1. The molecule has 0 aliphatic carbocycles. The normalized spacial score (nSPS) is 14.8. The molecule has 6 N–H and O–H groups in total. The van der Waals surface area contributed by atoms with Crippen molar-refractivity contribution in [3.8, 4) is 5.75 Å². The molecule has 1 heterocycles. The van der Waals surface area contributed by atoms with E-state index in [9.17, 15) is 9.90 Å². The number of aromatic carboxylic acids is 1. The zero-order valence-electron chi connectivity index (χ0n) is 25.9. The Morgan fingerprint density at radius 3 is 2.23 bits per heavy atom. The summed E-state index contributed by atoms with van der Waals surface area (Å²) in [6, 6.07) is 33.0. The number of piperazine rings is 1. The van der Waals surface area contributed by atoms with Crippen molar-refractivity contribution in [3.63, 3.8) is 0 Å². The van der Waals surface area contributed by atoms with Crippen molar-refractivity contribution in [2.45, 2.75) is 46.3 Å². The van der Waals surface area contributed by atoms with E-state index in [0.717, 1.165) is 41.9 Å². The standard InChI is InChI=1S/C22H21N3O3.C12H18N2.C2H6/c23-25-21(24-14-17-4-1-5-19(12-17)22(27)28)18-9-7-15(8-10-18)11-16-3-2-6-20(26)13-16;1-11-9-14(8-7-13-11)10-12-5-3-2-4-6-12;1-2/h1-10,12-13,26H,11,14,23H2,(H,24,25)(H,27,28);2-6,11,13H,7-10H2,1H3;1-2H3. The topological polar surface area (TPSA) is 123 Å². The predicted octanol–water partition coefficient (Wildman–Crippen LogP) is 5.60. The summed E-state index contributed by atoms with van der Waals surface area (Å²) in [6.45, 7) is 11.1. The van der Waals surface area contributed by atoms with Crippen LogP contribution in [-0.4, -0.2) is 52.6 Å². The average molecular weight is 596 g/mol. The lowest BCUT2D eigenvalue weighted by atomic mass is 10.0. The lowest BCUT2D eigenvalue weighted by Crippen LogP contribution is -2.48. The van der Waals surface area contributed by atoms with Gasteiger partial charge in [0, 0.05) is 37.8 Å². The van der Waals surface area contributed by atoms with Crippen LogP contribution in [0, 0.1) is 0 Å². The first-order valence-electron chi connectivity index (χ1n) is 15.1. The van der Waals surface area contributed by atoms with Gasteiger partial charge in [-0.25, -0.2) is 10.6 Å². The highest BCUT2D eigenvalue weighted by Gasteiger charge is 2.15. The Labute approximate surface area is 261 Å². The Bertz CT molecular complexity index is 1460. The molecule has 1 aliphatic rings. The molecule has 44 heavy (non-hydrogen) atoms. The number of aliphatic imine (C=N–C) groups is 1. The highest BCUT2D eigenvalue weighted by molar-refractivity contribution is 5.98. The van der Waals surface area contributed by atoms with E-state index >= 15 is 0 Å². The van der Waals surface area contributed by atoms with Crippen LogP contribution in [0.5, 0.6) is 5.75 Å². The van der Waals surface area contributed by atoms with Crippen LogP contribution in [0.25, 0.3) is 0 Å². The third-order valence-corrected chi connectivity index (χ3v) is 6.98. The molecule has 8 nitrogen and oxygen atoms in total. The van der Waals surface area contributed by atoms with E-state index in [1.165, 1.54) is 12.1 Å². The number of aromatic hydroxyl groups is 1. The van der Waals surface area contributed by atoms with Crippen molar-refractivity contribution in [1.29, 1.82) is 0 Å². The van der Waals surface area contributed by atoms with Gasteiger partial charge in [0.25, 0.3) is 0 Å². The number of benzene rings is 4. The summed E-state index contributed by atoms with van der Waals surface area (Å²) in [6.07, 6.45) is 0.708. The molecule has 1 fully saturated rings. The zero-order chi connectivity index (χ0) is 31.7. The molecule has 1 saturated heterocycles. The molecule has 0 aromatic heterocycles. The summed E-state index contributed by atoms with van der Waals surface area (Å²) in [7, 11) is 0. The van der Waals surface area contributed by atoms with Gasteiger partial charge in [-0.05, 0) is 59.9 Å². The Hall–Kier alpha value is -4.50. The molecule has 0 radical (unpaired) electrons. The molecule has 4 aromatic rings. The van der Waals surface area contributed by atoms with Crippen molar-refractivity contribution < 1.29 is 15.0 Å². The Kier molecular flexibility index (Phi) is 14.1. The van der Waals surface area contributed by atoms with Crippen LogP contribution < -0.4 is 16.6 Å². The number of carboxylic acids is 1. The van der Waals surface area contributed by atoms with Crippen LogP contribution in [0.15, 0.2) is 108 Å². The number of hydrogen-bond acceptors (Lipinski definition) is 6. The minimum absolute atomic E-state index is 0.228. The number of nitrogens with two attached hydrogens (primary N) is 1. The lowest BCUT2D eigenvalue weighted by molar-refractivity contribution is 0.0696. The fraction of sp³-hybridized carbons (Fsp3) is 0.278. The Morgan fingerprint density at radius 1 is 0.886 bits per heavy atom. The van der Waals surface area contributed by atoms with Crippen molar-refractivity contribution in [2.75, 3.05) is 19.6 Å². The fourth-order valence-electron chi connectivity index (χ4n) is 4.87. The lowest BCUT2D eigenvalue weighted by Gasteiger charge is -2.31. The summed E-state index contributed by atoms with van der Waals surface area (Å²) in [4.78, 5) is 18.0. The number of phenolic OH excluding ortho intramolecular Hbond substituents is 1. The van der Waals surface area contributed by atoms with Crippen LogP contribution >= 0.6 is 0 Å². The summed E-state index contributed by atoms with van der Waals surface area (Å²) >= 11 is 0. The van der Waals surface area contributed by atoms with Crippen molar-refractivity contribution in [3.05, 3.63) is 137 Å². The van der Waals surface area contributed by atoms with Crippen LogP contribution in [0.3, 0.4) is 0 Å². The molecule has 0 saturated carbocycles. The largest absolute Gasteiger partial charge is 0.508 e. The van der Waals surface area contributed by atoms with Gasteiger partial charge in [-0.3, -0.25) is 9.89 Å². The second kappa shape index (κ2) is 18.2. The van der Waals surface area contributed by atoms with Crippen LogP contribution in [0.4, 0.5) is 0 Å². The molecule has 8 heteroatoms. The first-order valence-corrected chi connectivity index (χ1v) is 15.1. The molecule has 232 valence electrons. The van der Waals surface area contributed by atoms with Gasteiger partial charge in [0.05, 0.1) is 12.1 Å². The van der Waals surface area contributed by atoms with E-state index in [0.29, 0.717) is 24.8 Å². The van der Waals surface area contributed by atoms with Crippen LogP contribution in [0.2, 0.25) is 0 Å². The monoisotopic (exact) mass is 595 g/mol. The smallest absolute Gasteiger partial charge is 0.335 e. The van der Waals surface area contributed by atoms with Gasteiger partial charge in [0.2, 0.25) is 0 Å². The number of hydrazine groups is 1. The van der Waals surface area contributed by atoms with E-state index in [1.807, 2.05) is 56.3 Å². The number of nitrogens with zero attached hydrogens (tertiary/aromatic N) is 2. The van der Waals surface area contributed by atoms with E-state index in [2.05, 4.69) is 57.9 Å². The highest BCUT2D eigenvalue weighted by Crippen LogP contribution is 2.16. The molecule has 0 spiro atoms. The minimum Gasteiger partial charge on any atom is -0.508 e. The summed E-state index contributed by atoms with van der Waals surface area (Å²) in [5, 5.41) is 22.1. The van der Waals surface area contributed by atoms with Crippen molar-refractivity contribution in [1.82, 2.24) is 15.6 Å². The van der Waals surface area contributed by atoms with Crippen molar-refractivity contribution >= 4 is 11.8 Å². The zero-order valence-corrected chi connectivity index (χ0v) is 25.9. The van der Waals surface area contributed by atoms with Gasteiger partial charge in [0.1, 0.15) is 11.6 Å². The number of carbonyl (C=O) groups is 1. The highest BCUT2D eigenvalue weighted by atomic mass is 16.4. The molecule has 1 unspecified atom stereocenters. The number of amidine groups is 1. The van der Waals surface area contributed by atoms with Crippen LogP contribution in [-0.2, 0) is 19.5 Å². The molecule has 5 rings (SSSR count). The number of nitrogens with one attached hydrogen (secondary N) is 2. The molecular formula is C36H45N5O3. The Balaban J connectivity index is 0.000000276. The number of hydrogen-bond donors (Lipinski definition) is 5. The predicted molar refractivity (Wildman–Crippen MR) is 179 cm³/mol. The van der Waals surface area contributed by atoms with Gasteiger partial charge in [-0.2, -0.15) is 0 Å². The van der Waals surface area contributed by atoms with Crippen molar-refractivity contribution in [2.24, 2.45) is 10.8 Å². The summed E-state index contributed by atoms with van der Waals surface area (Å²) in [5.41, 5.74) is 7.99. The first kappa shape index (κ1) is 34.0. The molecule has 1 aliphatic heterocycles. The maximum absolute atomic E-state index is 11.1. The van der Waals surface area contributed by atoms with E-state index < -0.39 is 5.97 Å². The molecule has 4 aromatic carbocycles. The van der Waals surface area contributed by atoms with E-state index in [4.69, 9.17) is 10.9 Å². The number of rotatable bonds is 8. The molecule has 0 amide bonds. The quantitative estimate of drug-likeness (QED) is 0.0778. The second-order valence-electron chi connectivity index (χ2n) is 10.4. The van der Waals surface area contributed by atoms with E-state index in [1.54, 1.807) is 30.3 Å². The van der Waals surface area contributed by atoms with Crippen LogP contribution in [0.1, 0.15) is 58.9 Å². The average Bonchev–Trinajstić information content (AvgIpc) is 3.04. The third-order valence-electron chi connectivity index (χ3n) is 6.98. The summed E-state index contributed by atoms with van der Waals surface area (Å²) in [5.74, 6) is 5.43. The van der Waals surface area contributed by atoms with Gasteiger partial charge >= 0.3 is 5.97 Å². The maximum Gasteiger partial charge on any atom is 0.335 e. The third kappa shape index (κ3) is 11.3. The minimum atomic E-state index is -0.967. The Morgan fingerprint density at radius 2 is 1.57 bits per heavy atom. The molecule has 0 bridgehead atoms. The van der Waals surface area contributed by atoms with Gasteiger partial charge in [-0.15, -0.1) is 0 Å². The van der Waals surface area contributed by atoms with Gasteiger partial charge in [-0.1, -0.05) is 92.7 Å². The van der Waals surface area contributed by atoms with Gasteiger partial charge < -0.3 is 21.0 Å².